The quantitative estimate of drug-likeness (QED) is 0.640. The average molecular weight is 189 g/mol. The van der Waals surface area contributed by atoms with Gasteiger partial charge in [0.25, 0.3) is 5.91 Å². The average Bonchev–Trinajstić information content (AvgIpc) is 2.16. The molecular formula is C8H7N5O. The van der Waals surface area contributed by atoms with Crippen LogP contribution < -0.4 is 11.5 Å². The van der Waals surface area contributed by atoms with E-state index in [2.05, 4.69) is 15.0 Å². The van der Waals surface area contributed by atoms with Crippen LogP contribution in [0.2, 0.25) is 0 Å². The van der Waals surface area contributed by atoms with Gasteiger partial charge in [0.15, 0.2) is 5.65 Å². The number of aromatic nitrogens is 3. The van der Waals surface area contributed by atoms with Crippen LogP contribution in [-0.4, -0.2) is 20.9 Å². The van der Waals surface area contributed by atoms with Gasteiger partial charge in [-0.15, -0.1) is 0 Å². The first-order valence-electron chi connectivity index (χ1n) is 3.85. The van der Waals surface area contributed by atoms with E-state index in [4.69, 9.17) is 11.5 Å². The van der Waals surface area contributed by atoms with Gasteiger partial charge < -0.3 is 11.5 Å². The molecule has 0 aromatic carbocycles. The van der Waals surface area contributed by atoms with Crippen LogP contribution in [0.3, 0.4) is 0 Å². The largest absolute Gasteiger partial charge is 0.383 e. The zero-order valence-electron chi connectivity index (χ0n) is 7.14. The molecule has 0 bridgehead atoms. The van der Waals surface area contributed by atoms with Crippen LogP contribution in [0.1, 0.15) is 10.4 Å². The summed E-state index contributed by atoms with van der Waals surface area (Å²) in [7, 11) is 0. The molecule has 0 saturated heterocycles. The summed E-state index contributed by atoms with van der Waals surface area (Å²) >= 11 is 0. The summed E-state index contributed by atoms with van der Waals surface area (Å²) in [5, 5.41) is 0. The van der Waals surface area contributed by atoms with E-state index >= 15 is 0 Å². The zero-order valence-corrected chi connectivity index (χ0v) is 7.14. The molecule has 2 heterocycles. The van der Waals surface area contributed by atoms with E-state index in [1.165, 1.54) is 18.5 Å². The van der Waals surface area contributed by atoms with Crippen LogP contribution in [0, 0.1) is 0 Å². The minimum absolute atomic E-state index is 0.0745. The van der Waals surface area contributed by atoms with Crippen molar-refractivity contribution in [2.24, 2.45) is 5.73 Å². The van der Waals surface area contributed by atoms with E-state index < -0.39 is 5.91 Å². The van der Waals surface area contributed by atoms with Crippen LogP contribution in [0.15, 0.2) is 18.5 Å². The van der Waals surface area contributed by atoms with E-state index in [1.807, 2.05) is 0 Å². The molecule has 0 unspecified atom stereocenters. The number of primary amides is 1. The van der Waals surface area contributed by atoms with Crippen molar-refractivity contribution in [1.82, 2.24) is 15.0 Å². The molecule has 0 fully saturated rings. The van der Waals surface area contributed by atoms with Crippen LogP contribution >= 0.6 is 0 Å². The number of nitrogens with zero attached hydrogens (tertiary/aromatic N) is 3. The fourth-order valence-electron chi connectivity index (χ4n) is 1.11. The molecule has 70 valence electrons. The number of hydrogen-bond acceptors (Lipinski definition) is 5. The van der Waals surface area contributed by atoms with Gasteiger partial charge in [0.05, 0.1) is 5.56 Å². The summed E-state index contributed by atoms with van der Waals surface area (Å²) in [4.78, 5) is 22.7. The fourth-order valence-corrected chi connectivity index (χ4v) is 1.11. The SMILES string of the molecule is NC(=O)c1cc2nccnc2nc1N. The summed E-state index contributed by atoms with van der Waals surface area (Å²) in [5.41, 5.74) is 11.7. The van der Waals surface area contributed by atoms with E-state index in [-0.39, 0.29) is 11.4 Å². The normalized spacial score (nSPS) is 10.3. The monoisotopic (exact) mass is 189 g/mol. The molecule has 4 N–H and O–H groups in total. The van der Waals surface area contributed by atoms with E-state index in [0.29, 0.717) is 11.2 Å². The van der Waals surface area contributed by atoms with Gasteiger partial charge in [-0.05, 0) is 6.07 Å². The van der Waals surface area contributed by atoms with Gasteiger partial charge in [0.2, 0.25) is 0 Å². The van der Waals surface area contributed by atoms with Crippen molar-refractivity contribution in [3.8, 4) is 0 Å². The first kappa shape index (κ1) is 8.36. The predicted molar refractivity (Wildman–Crippen MR) is 50.3 cm³/mol. The second-order valence-corrected chi connectivity index (χ2v) is 2.68. The number of pyridine rings is 1. The first-order valence-corrected chi connectivity index (χ1v) is 3.85. The maximum absolute atomic E-state index is 10.9. The topological polar surface area (TPSA) is 108 Å². The highest BCUT2D eigenvalue weighted by atomic mass is 16.1. The second-order valence-electron chi connectivity index (χ2n) is 2.68. The molecule has 0 aliphatic carbocycles. The molecule has 14 heavy (non-hydrogen) atoms. The maximum atomic E-state index is 10.9. The van der Waals surface area contributed by atoms with Gasteiger partial charge >= 0.3 is 0 Å². The van der Waals surface area contributed by atoms with Crippen molar-refractivity contribution in [2.75, 3.05) is 5.73 Å². The Kier molecular flexibility index (Phi) is 1.74. The Balaban J connectivity index is 2.77. The molecule has 0 aliphatic rings. The fraction of sp³-hybridized carbons (Fsp3) is 0. The summed E-state index contributed by atoms with van der Waals surface area (Å²) in [6.45, 7) is 0. The molecular weight excluding hydrogens is 182 g/mol. The molecule has 0 saturated carbocycles. The predicted octanol–water partition coefficient (Wildman–Crippen LogP) is -0.294. The number of carbonyl (C=O) groups excluding carboxylic acids is 1. The van der Waals surface area contributed by atoms with Gasteiger partial charge in [-0.25, -0.2) is 9.97 Å². The smallest absolute Gasteiger partial charge is 0.252 e. The Bertz CT molecular complexity index is 510. The number of carbonyl (C=O) groups is 1. The Labute approximate surface area is 79.0 Å². The van der Waals surface area contributed by atoms with Gasteiger partial charge in [-0.1, -0.05) is 0 Å². The highest BCUT2D eigenvalue weighted by Crippen LogP contribution is 2.13. The lowest BCUT2D eigenvalue weighted by molar-refractivity contribution is 0.100. The summed E-state index contributed by atoms with van der Waals surface area (Å²) in [5.74, 6) is -0.548. The third-order valence-electron chi connectivity index (χ3n) is 1.76. The van der Waals surface area contributed by atoms with Crippen molar-refractivity contribution in [3.63, 3.8) is 0 Å². The first-order chi connectivity index (χ1) is 6.68. The van der Waals surface area contributed by atoms with E-state index in [1.54, 1.807) is 0 Å². The minimum atomic E-state index is -0.623. The van der Waals surface area contributed by atoms with Crippen LogP contribution in [0.25, 0.3) is 11.2 Å². The maximum Gasteiger partial charge on any atom is 0.252 e. The number of nitrogen functional groups attached to an aromatic ring is 1. The van der Waals surface area contributed by atoms with Gasteiger partial charge in [0, 0.05) is 12.4 Å². The molecule has 0 atom stereocenters. The highest BCUT2D eigenvalue weighted by Gasteiger charge is 2.09. The van der Waals surface area contributed by atoms with E-state index in [9.17, 15) is 4.79 Å². The summed E-state index contributed by atoms with van der Waals surface area (Å²) in [6, 6.07) is 1.48. The van der Waals surface area contributed by atoms with Crippen molar-refractivity contribution in [3.05, 3.63) is 24.0 Å². The summed E-state index contributed by atoms with van der Waals surface area (Å²) < 4.78 is 0. The number of anilines is 1. The Hall–Kier alpha value is -2.24. The highest BCUT2D eigenvalue weighted by molar-refractivity contribution is 5.99. The number of rotatable bonds is 1. The molecule has 6 heteroatoms. The van der Waals surface area contributed by atoms with Crippen molar-refractivity contribution in [2.45, 2.75) is 0 Å². The Morgan fingerprint density at radius 3 is 2.71 bits per heavy atom. The van der Waals surface area contributed by atoms with Crippen LogP contribution in [-0.2, 0) is 0 Å². The van der Waals surface area contributed by atoms with Crippen LogP contribution in [0.5, 0.6) is 0 Å². The van der Waals surface area contributed by atoms with Gasteiger partial charge in [-0.2, -0.15) is 0 Å². The molecule has 2 aromatic heterocycles. The molecule has 6 nitrogen and oxygen atoms in total. The zero-order chi connectivity index (χ0) is 10.1. The number of fused-ring (bicyclic) bond motifs is 1. The number of nitrogens with two attached hydrogens (primary N) is 2. The van der Waals surface area contributed by atoms with Crippen molar-refractivity contribution >= 4 is 22.9 Å². The number of hydrogen-bond donors (Lipinski definition) is 2. The van der Waals surface area contributed by atoms with E-state index in [0.717, 1.165) is 0 Å². The molecule has 0 spiro atoms. The van der Waals surface area contributed by atoms with Gasteiger partial charge in [-0.3, -0.25) is 9.78 Å². The lowest BCUT2D eigenvalue weighted by Gasteiger charge is -2.01. The van der Waals surface area contributed by atoms with Crippen molar-refractivity contribution in [1.29, 1.82) is 0 Å². The summed E-state index contributed by atoms with van der Waals surface area (Å²) in [6.07, 6.45) is 3.00. The lowest BCUT2D eigenvalue weighted by atomic mass is 10.2. The molecule has 0 radical (unpaired) electrons. The number of amides is 1. The lowest BCUT2D eigenvalue weighted by Crippen LogP contribution is -2.14. The Morgan fingerprint density at radius 2 is 2.00 bits per heavy atom. The standard InChI is InChI=1S/C8H7N5O/c9-6-4(7(10)14)3-5-8(13-6)12-2-1-11-5/h1-3H,(H2,10,14)(H2,9,12,13). The van der Waals surface area contributed by atoms with Crippen molar-refractivity contribution < 1.29 is 4.79 Å². The second kappa shape index (κ2) is 2.91. The molecule has 2 rings (SSSR count). The van der Waals surface area contributed by atoms with Gasteiger partial charge in [0.1, 0.15) is 11.3 Å². The minimum Gasteiger partial charge on any atom is -0.383 e. The Morgan fingerprint density at radius 1 is 1.29 bits per heavy atom. The molecule has 0 aliphatic heterocycles. The molecule has 1 amide bonds. The third kappa shape index (κ3) is 1.22. The third-order valence-corrected chi connectivity index (χ3v) is 1.76. The van der Waals surface area contributed by atoms with Crippen LogP contribution in [0.4, 0.5) is 5.82 Å². The molecule has 2 aromatic rings.